The van der Waals surface area contributed by atoms with E-state index in [4.69, 9.17) is 5.21 Å². The van der Waals surface area contributed by atoms with Crippen LogP contribution < -0.4 is 16.1 Å². The lowest BCUT2D eigenvalue weighted by molar-refractivity contribution is -0.146. The fourth-order valence-electron chi connectivity index (χ4n) is 2.98. The molecule has 0 aromatic heterocycles. The Hall–Kier alpha value is -3.23. The number of aliphatic hydroxyl groups excluding tert-OH is 1. The molecular formula is C21H25N3O5. The van der Waals surface area contributed by atoms with Gasteiger partial charge in [-0.05, 0) is 17.5 Å². The third kappa shape index (κ3) is 6.41. The van der Waals surface area contributed by atoms with Crippen LogP contribution in [0.25, 0.3) is 0 Å². The molecule has 2 aromatic rings. The Morgan fingerprint density at radius 1 is 0.828 bits per heavy atom. The smallest absolute Gasteiger partial charge is 0.272 e. The molecule has 2 rings (SSSR count). The van der Waals surface area contributed by atoms with Crippen molar-refractivity contribution in [1.82, 2.24) is 16.1 Å². The van der Waals surface area contributed by atoms with Crippen LogP contribution in [0.4, 0.5) is 0 Å². The minimum Gasteiger partial charge on any atom is -0.382 e. The summed E-state index contributed by atoms with van der Waals surface area (Å²) < 4.78 is 0. The molecule has 8 heteroatoms. The summed E-state index contributed by atoms with van der Waals surface area (Å²) in [6.07, 6.45) is -1.50. The SMILES string of the molecule is CNC(=O)[C@H](Cc1ccccc1)NC(=O)[C@H](Cc1ccccc1)[C@H](O)C(=O)NO. The highest BCUT2D eigenvalue weighted by Gasteiger charge is 2.34. The first-order valence-electron chi connectivity index (χ1n) is 9.18. The predicted octanol–water partition coefficient (Wildman–Crippen LogP) is 0.185. The van der Waals surface area contributed by atoms with Crippen molar-refractivity contribution in [2.45, 2.75) is 25.0 Å². The Morgan fingerprint density at radius 2 is 1.34 bits per heavy atom. The van der Waals surface area contributed by atoms with Crippen LogP contribution in [0.2, 0.25) is 0 Å². The zero-order chi connectivity index (χ0) is 21.2. The van der Waals surface area contributed by atoms with E-state index in [0.717, 1.165) is 11.1 Å². The van der Waals surface area contributed by atoms with Crippen molar-refractivity contribution in [3.8, 4) is 0 Å². The molecule has 0 aliphatic rings. The monoisotopic (exact) mass is 399 g/mol. The van der Waals surface area contributed by atoms with Gasteiger partial charge in [0.05, 0.1) is 5.92 Å². The summed E-state index contributed by atoms with van der Waals surface area (Å²) in [5.74, 6) is -3.37. The fourth-order valence-corrected chi connectivity index (χ4v) is 2.98. The van der Waals surface area contributed by atoms with Gasteiger partial charge in [0.1, 0.15) is 12.1 Å². The molecule has 0 bridgehead atoms. The molecule has 0 fully saturated rings. The van der Waals surface area contributed by atoms with Gasteiger partial charge in [-0.25, -0.2) is 5.48 Å². The maximum absolute atomic E-state index is 12.9. The number of hydrogen-bond acceptors (Lipinski definition) is 5. The standard InChI is InChI=1S/C21H25N3O5/c1-22-20(27)17(13-15-10-6-3-7-11-15)23-19(26)16(18(25)21(28)24-29)12-14-8-4-2-5-9-14/h2-11,16-18,25,29H,12-13H2,1H3,(H,22,27)(H,23,26)(H,24,28)/t16-,17+,18+/m1/s1. The average molecular weight is 399 g/mol. The number of likely N-dealkylation sites (N-methyl/N-ethyl adjacent to an activating group) is 1. The van der Waals surface area contributed by atoms with E-state index < -0.39 is 35.8 Å². The second kappa shape index (κ2) is 10.9. The van der Waals surface area contributed by atoms with Gasteiger partial charge in [0, 0.05) is 13.5 Å². The molecule has 2 aromatic carbocycles. The van der Waals surface area contributed by atoms with Gasteiger partial charge < -0.3 is 15.7 Å². The molecule has 0 saturated heterocycles. The predicted molar refractivity (Wildman–Crippen MR) is 106 cm³/mol. The third-order valence-corrected chi connectivity index (χ3v) is 4.56. The number of carbonyl (C=O) groups is 3. The van der Waals surface area contributed by atoms with Crippen molar-refractivity contribution in [2.24, 2.45) is 5.92 Å². The number of aliphatic hydroxyl groups is 1. The minimum atomic E-state index is -1.79. The zero-order valence-corrected chi connectivity index (χ0v) is 16.0. The zero-order valence-electron chi connectivity index (χ0n) is 16.0. The van der Waals surface area contributed by atoms with E-state index in [1.807, 2.05) is 30.3 Å². The molecule has 5 N–H and O–H groups in total. The Kier molecular flexibility index (Phi) is 8.32. The highest BCUT2D eigenvalue weighted by molar-refractivity contribution is 5.92. The van der Waals surface area contributed by atoms with Crippen LogP contribution in [0, 0.1) is 5.92 Å². The largest absolute Gasteiger partial charge is 0.382 e. The average Bonchev–Trinajstić information content (AvgIpc) is 2.76. The van der Waals surface area contributed by atoms with Gasteiger partial charge in [-0.1, -0.05) is 60.7 Å². The van der Waals surface area contributed by atoms with E-state index in [9.17, 15) is 19.5 Å². The Morgan fingerprint density at radius 3 is 1.83 bits per heavy atom. The van der Waals surface area contributed by atoms with Crippen molar-refractivity contribution in [2.75, 3.05) is 7.05 Å². The van der Waals surface area contributed by atoms with Gasteiger partial charge >= 0.3 is 0 Å². The van der Waals surface area contributed by atoms with Crippen LogP contribution in [0.3, 0.4) is 0 Å². The number of amides is 3. The molecule has 0 aliphatic heterocycles. The molecular weight excluding hydrogens is 374 g/mol. The van der Waals surface area contributed by atoms with E-state index in [0.29, 0.717) is 0 Å². The minimum absolute atomic E-state index is 0.0487. The molecule has 0 aliphatic carbocycles. The van der Waals surface area contributed by atoms with Crippen molar-refractivity contribution in [3.63, 3.8) is 0 Å². The second-order valence-corrected chi connectivity index (χ2v) is 6.58. The summed E-state index contributed by atoms with van der Waals surface area (Å²) in [6, 6.07) is 17.1. The summed E-state index contributed by atoms with van der Waals surface area (Å²) in [4.78, 5) is 36.9. The van der Waals surface area contributed by atoms with E-state index in [-0.39, 0.29) is 12.8 Å². The van der Waals surface area contributed by atoms with Gasteiger partial charge in [-0.15, -0.1) is 0 Å². The van der Waals surface area contributed by atoms with Crippen molar-refractivity contribution < 1.29 is 24.7 Å². The molecule has 3 amide bonds. The molecule has 154 valence electrons. The van der Waals surface area contributed by atoms with Gasteiger partial charge in [0.2, 0.25) is 11.8 Å². The Bertz CT molecular complexity index is 814. The Balaban J connectivity index is 2.22. The quantitative estimate of drug-likeness (QED) is 0.304. The van der Waals surface area contributed by atoms with E-state index >= 15 is 0 Å². The first kappa shape index (κ1) is 22.1. The van der Waals surface area contributed by atoms with Gasteiger partial charge in [0.15, 0.2) is 0 Å². The fraction of sp³-hybridized carbons (Fsp3) is 0.286. The lowest BCUT2D eigenvalue weighted by Crippen LogP contribution is -2.52. The topological polar surface area (TPSA) is 128 Å². The Labute approximate surface area is 168 Å². The summed E-state index contributed by atoms with van der Waals surface area (Å²) in [7, 11) is 1.46. The maximum Gasteiger partial charge on any atom is 0.272 e. The molecule has 0 saturated carbocycles. The van der Waals surface area contributed by atoms with Crippen LogP contribution in [-0.2, 0) is 27.2 Å². The lowest BCUT2D eigenvalue weighted by Gasteiger charge is -2.24. The molecule has 0 spiro atoms. The van der Waals surface area contributed by atoms with Crippen molar-refractivity contribution in [3.05, 3.63) is 71.8 Å². The van der Waals surface area contributed by atoms with Crippen molar-refractivity contribution in [1.29, 1.82) is 0 Å². The first-order chi connectivity index (χ1) is 14.0. The van der Waals surface area contributed by atoms with E-state index in [1.54, 1.807) is 30.3 Å². The number of rotatable bonds is 9. The second-order valence-electron chi connectivity index (χ2n) is 6.58. The first-order valence-corrected chi connectivity index (χ1v) is 9.18. The molecule has 0 heterocycles. The normalized spacial score (nSPS) is 13.6. The molecule has 8 nitrogen and oxygen atoms in total. The third-order valence-electron chi connectivity index (χ3n) is 4.56. The van der Waals surface area contributed by atoms with Crippen LogP contribution in [0.1, 0.15) is 11.1 Å². The van der Waals surface area contributed by atoms with E-state index in [1.165, 1.54) is 12.5 Å². The van der Waals surface area contributed by atoms with Crippen molar-refractivity contribution >= 4 is 17.7 Å². The molecule has 3 atom stereocenters. The molecule has 29 heavy (non-hydrogen) atoms. The highest BCUT2D eigenvalue weighted by atomic mass is 16.5. The summed E-state index contributed by atoms with van der Waals surface area (Å²) in [5, 5.41) is 24.3. The summed E-state index contributed by atoms with van der Waals surface area (Å²) >= 11 is 0. The number of benzene rings is 2. The van der Waals surface area contributed by atoms with Gasteiger partial charge in [0.25, 0.3) is 5.91 Å². The maximum atomic E-state index is 12.9. The lowest BCUT2D eigenvalue weighted by atomic mass is 9.92. The van der Waals surface area contributed by atoms with Crippen LogP contribution >= 0.6 is 0 Å². The number of hydrogen-bond donors (Lipinski definition) is 5. The number of carbonyl (C=O) groups excluding carboxylic acids is 3. The van der Waals surface area contributed by atoms with Gasteiger partial charge in [-0.3, -0.25) is 19.6 Å². The summed E-state index contributed by atoms with van der Waals surface area (Å²) in [6.45, 7) is 0. The molecule has 0 unspecified atom stereocenters. The van der Waals surface area contributed by atoms with Crippen LogP contribution in [-0.4, -0.2) is 47.2 Å². The van der Waals surface area contributed by atoms with Crippen LogP contribution in [0.15, 0.2) is 60.7 Å². The highest BCUT2D eigenvalue weighted by Crippen LogP contribution is 2.15. The molecule has 0 radical (unpaired) electrons. The van der Waals surface area contributed by atoms with E-state index in [2.05, 4.69) is 10.6 Å². The van der Waals surface area contributed by atoms with Gasteiger partial charge in [-0.2, -0.15) is 0 Å². The number of nitrogens with one attached hydrogen (secondary N) is 3. The van der Waals surface area contributed by atoms with Crippen LogP contribution in [0.5, 0.6) is 0 Å². The summed E-state index contributed by atoms with van der Waals surface area (Å²) in [5.41, 5.74) is 2.93. The number of hydroxylamine groups is 1.